The Morgan fingerprint density at radius 1 is 1.43 bits per heavy atom. The van der Waals surface area contributed by atoms with Crippen molar-refractivity contribution < 1.29 is 14.3 Å². The van der Waals surface area contributed by atoms with Crippen LogP contribution in [-0.4, -0.2) is 36.3 Å². The van der Waals surface area contributed by atoms with Gasteiger partial charge in [0.25, 0.3) is 0 Å². The molecule has 1 heterocycles. The average molecular weight is 196 g/mol. The number of methoxy groups -OCH3 is 1. The molecular weight excluding hydrogens is 184 g/mol. The van der Waals surface area contributed by atoms with Crippen molar-refractivity contribution in [2.75, 3.05) is 20.3 Å². The fourth-order valence-electron chi connectivity index (χ4n) is 0.846. The molecule has 76 valence electrons. The highest BCUT2D eigenvalue weighted by Crippen LogP contribution is 2.04. The third-order valence-electron chi connectivity index (χ3n) is 1.57. The molecule has 5 nitrogen and oxygen atoms in total. The van der Waals surface area contributed by atoms with Crippen LogP contribution in [0.4, 0.5) is 0 Å². The van der Waals surface area contributed by atoms with Gasteiger partial charge in [-0.05, 0) is 13.0 Å². The van der Waals surface area contributed by atoms with Crippen LogP contribution < -0.4 is 4.74 Å². The van der Waals surface area contributed by atoms with Crippen molar-refractivity contribution in [2.24, 2.45) is 0 Å². The molecule has 1 aromatic rings. The van der Waals surface area contributed by atoms with Gasteiger partial charge in [0.2, 0.25) is 11.7 Å². The molecule has 0 N–H and O–H groups in total. The van der Waals surface area contributed by atoms with E-state index >= 15 is 0 Å². The summed E-state index contributed by atoms with van der Waals surface area (Å²) in [5.74, 6) is 0.208. The molecule has 0 spiro atoms. The Bertz CT molecular complexity index is 297. The van der Waals surface area contributed by atoms with Gasteiger partial charge in [0.05, 0.1) is 7.11 Å². The van der Waals surface area contributed by atoms with E-state index in [-0.39, 0.29) is 12.4 Å². The molecule has 1 aromatic heterocycles. The Morgan fingerprint density at radius 2 is 2.21 bits per heavy atom. The minimum Gasteiger partial charge on any atom is -0.480 e. The van der Waals surface area contributed by atoms with Crippen molar-refractivity contribution in [3.63, 3.8) is 0 Å². The first kappa shape index (κ1) is 10.6. The van der Waals surface area contributed by atoms with E-state index < -0.39 is 0 Å². The van der Waals surface area contributed by atoms with E-state index in [0.29, 0.717) is 18.2 Å². The topological polar surface area (TPSA) is 61.3 Å². The summed E-state index contributed by atoms with van der Waals surface area (Å²) in [6.07, 6.45) is 0. The number of hydrogen-bond donors (Lipinski definition) is 0. The van der Waals surface area contributed by atoms with Crippen LogP contribution in [0.2, 0.25) is 0 Å². The van der Waals surface area contributed by atoms with Gasteiger partial charge in [0.15, 0.2) is 0 Å². The highest BCUT2D eigenvalue weighted by Gasteiger charge is 2.07. The maximum absolute atomic E-state index is 11.3. The largest absolute Gasteiger partial charge is 0.480 e. The number of nitrogens with zero attached hydrogens (tertiary/aromatic N) is 2. The Labute approximate surface area is 82.1 Å². The molecular formula is C9H12N2O3. The standard InChI is InChI=1S/C9H12N2O3/c1-3-14-6-8(12)7-4-5-9(13-2)11-10-7/h4-5H,3,6H2,1-2H3. The Hall–Kier alpha value is -1.49. The lowest BCUT2D eigenvalue weighted by Gasteiger charge is -2.00. The van der Waals surface area contributed by atoms with Crippen LogP contribution >= 0.6 is 0 Å². The number of hydrogen-bond acceptors (Lipinski definition) is 5. The fourth-order valence-corrected chi connectivity index (χ4v) is 0.846. The third-order valence-corrected chi connectivity index (χ3v) is 1.57. The third kappa shape index (κ3) is 2.77. The number of Topliss-reactive ketones (excluding diaryl/α,β-unsaturated/α-hetero) is 1. The van der Waals surface area contributed by atoms with Crippen LogP contribution in [0, 0.1) is 0 Å². The summed E-state index contributed by atoms with van der Waals surface area (Å²) in [6.45, 7) is 2.37. The van der Waals surface area contributed by atoms with Crippen LogP contribution in [0.3, 0.4) is 0 Å². The maximum atomic E-state index is 11.3. The monoisotopic (exact) mass is 196 g/mol. The predicted molar refractivity (Wildman–Crippen MR) is 49.4 cm³/mol. The lowest BCUT2D eigenvalue weighted by atomic mass is 10.3. The quantitative estimate of drug-likeness (QED) is 0.649. The summed E-state index contributed by atoms with van der Waals surface area (Å²) in [4.78, 5) is 11.3. The summed E-state index contributed by atoms with van der Waals surface area (Å²) >= 11 is 0. The Kier molecular flexibility index (Phi) is 4.00. The lowest BCUT2D eigenvalue weighted by molar-refractivity contribution is 0.0777. The predicted octanol–water partition coefficient (Wildman–Crippen LogP) is 0.704. The van der Waals surface area contributed by atoms with E-state index in [2.05, 4.69) is 10.2 Å². The zero-order valence-electron chi connectivity index (χ0n) is 8.19. The van der Waals surface area contributed by atoms with Gasteiger partial charge in [-0.3, -0.25) is 4.79 Å². The van der Waals surface area contributed by atoms with Crippen molar-refractivity contribution in [1.29, 1.82) is 0 Å². The molecule has 0 saturated carbocycles. The van der Waals surface area contributed by atoms with Crippen molar-refractivity contribution in [1.82, 2.24) is 10.2 Å². The molecule has 0 aliphatic carbocycles. The Balaban J connectivity index is 2.62. The molecule has 0 fully saturated rings. The highest BCUT2D eigenvalue weighted by atomic mass is 16.5. The van der Waals surface area contributed by atoms with E-state index in [9.17, 15) is 4.79 Å². The van der Waals surface area contributed by atoms with Gasteiger partial charge in [0, 0.05) is 12.7 Å². The zero-order chi connectivity index (χ0) is 10.4. The smallest absolute Gasteiger partial charge is 0.233 e. The van der Waals surface area contributed by atoms with Crippen molar-refractivity contribution in [2.45, 2.75) is 6.92 Å². The number of carbonyl (C=O) groups is 1. The Morgan fingerprint density at radius 3 is 2.71 bits per heavy atom. The molecule has 0 aliphatic rings. The first-order valence-corrected chi connectivity index (χ1v) is 4.26. The van der Waals surface area contributed by atoms with Gasteiger partial charge < -0.3 is 9.47 Å². The van der Waals surface area contributed by atoms with Gasteiger partial charge in [-0.15, -0.1) is 10.2 Å². The summed E-state index contributed by atoms with van der Waals surface area (Å²) in [5.41, 5.74) is 0.291. The SMILES string of the molecule is CCOCC(=O)c1ccc(OC)nn1. The first-order chi connectivity index (χ1) is 6.77. The second kappa shape index (κ2) is 5.29. The van der Waals surface area contributed by atoms with E-state index in [1.54, 1.807) is 12.1 Å². The zero-order valence-corrected chi connectivity index (χ0v) is 8.19. The van der Waals surface area contributed by atoms with Crippen LogP contribution in [0.15, 0.2) is 12.1 Å². The molecule has 0 bridgehead atoms. The second-order valence-corrected chi connectivity index (χ2v) is 2.52. The molecule has 0 atom stereocenters. The van der Waals surface area contributed by atoms with Crippen LogP contribution in [0.25, 0.3) is 0 Å². The summed E-state index contributed by atoms with van der Waals surface area (Å²) < 4.78 is 9.77. The van der Waals surface area contributed by atoms with Gasteiger partial charge in [-0.25, -0.2) is 0 Å². The van der Waals surface area contributed by atoms with Gasteiger partial charge >= 0.3 is 0 Å². The van der Waals surface area contributed by atoms with Crippen molar-refractivity contribution >= 4 is 5.78 Å². The highest BCUT2D eigenvalue weighted by molar-refractivity contribution is 5.95. The van der Waals surface area contributed by atoms with E-state index in [1.165, 1.54) is 7.11 Å². The molecule has 0 unspecified atom stereocenters. The molecule has 0 radical (unpaired) electrons. The van der Waals surface area contributed by atoms with E-state index in [4.69, 9.17) is 9.47 Å². The van der Waals surface area contributed by atoms with Crippen LogP contribution in [0.5, 0.6) is 5.88 Å². The number of carbonyl (C=O) groups excluding carboxylic acids is 1. The minimum atomic E-state index is -0.179. The first-order valence-electron chi connectivity index (χ1n) is 4.26. The lowest BCUT2D eigenvalue weighted by Crippen LogP contribution is -2.11. The molecule has 0 amide bonds. The second-order valence-electron chi connectivity index (χ2n) is 2.52. The van der Waals surface area contributed by atoms with Gasteiger partial charge in [-0.2, -0.15) is 0 Å². The number of ether oxygens (including phenoxy) is 2. The summed E-state index contributed by atoms with van der Waals surface area (Å²) in [5, 5.41) is 7.38. The normalized spacial score (nSPS) is 9.86. The van der Waals surface area contributed by atoms with Gasteiger partial charge in [0.1, 0.15) is 12.3 Å². The summed E-state index contributed by atoms with van der Waals surface area (Å²) in [7, 11) is 1.49. The molecule has 14 heavy (non-hydrogen) atoms. The van der Waals surface area contributed by atoms with Crippen LogP contribution in [0.1, 0.15) is 17.4 Å². The van der Waals surface area contributed by atoms with Crippen molar-refractivity contribution in [3.05, 3.63) is 17.8 Å². The van der Waals surface area contributed by atoms with Gasteiger partial charge in [-0.1, -0.05) is 0 Å². The number of ketones is 1. The molecule has 0 aliphatic heterocycles. The molecule has 0 saturated heterocycles. The molecule has 5 heteroatoms. The molecule has 1 rings (SSSR count). The fraction of sp³-hybridized carbons (Fsp3) is 0.444. The minimum absolute atomic E-state index is 0.0392. The summed E-state index contributed by atoms with van der Waals surface area (Å²) in [6, 6.07) is 3.15. The van der Waals surface area contributed by atoms with Crippen LogP contribution in [-0.2, 0) is 4.74 Å². The number of aromatic nitrogens is 2. The van der Waals surface area contributed by atoms with Crippen molar-refractivity contribution in [3.8, 4) is 5.88 Å². The van der Waals surface area contributed by atoms with E-state index in [1.807, 2.05) is 6.92 Å². The van der Waals surface area contributed by atoms with E-state index in [0.717, 1.165) is 0 Å². The molecule has 0 aromatic carbocycles. The maximum Gasteiger partial charge on any atom is 0.233 e. The number of rotatable bonds is 5. The average Bonchev–Trinajstić information content (AvgIpc) is 2.26.